The summed E-state index contributed by atoms with van der Waals surface area (Å²) < 4.78 is 7.28. The van der Waals surface area contributed by atoms with E-state index in [9.17, 15) is 9.90 Å². The topological polar surface area (TPSA) is 79.6 Å². The third-order valence-corrected chi connectivity index (χ3v) is 6.41. The number of imidazole rings is 1. The molecule has 2 heterocycles. The van der Waals surface area contributed by atoms with Crippen LogP contribution in [0.15, 0.2) is 24.3 Å². The second-order valence-corrected chi connectivity index (χ2v) is 9.41. The van der Waals surface area contributed by atoms with E-state index in [2.05, 4.69) is 23.7 Å². The number of fused-ring (bicyclic) bond motifs is 1. The number of piperidine rings is 1. The number of rotatable bonds is 11. The van der Waals surface area contributed by atoms with Crippen molar-refractivity contribution < 1.29 is 14.6 Å². The smallest absolute Gasteiger partial charge is 0.290 e. The maximum absolute atomic E-state index is 13.9. The first-order valence-corrected chi connectivity index (χ1v) is 12.1. The largest absolute Gasteiger partial charge is 0.393 e. The summed E-state index contributed by atoms with van der Waals surface area (Å²) in [4.78, 5) is 20.7. The van der Waals surface area contributed by atoms with Crippen LogP contribution in [0.5, 0.6) is 0 Å². The number of aliphatic hydroxyl groups is 1. The number of nitrogens with zero attached hydrogens (tertiary/aromatic N) is 3. The molecule has 1 aromatic carbocycles. The number of carbonyl (C=O) groups is 1. The van der Waals surface area contributed by atoms with E-state index >= 15 is 0 Å². The van der Waals surface area contributed by atoms with Gasteiger partial charge in [0.15, 0.2) is 5.82 Å². The van der Waals surface area contributed by atoms with Gasteiger partial charge in [-0.1, -0.05) is 32.9 Å². The molecule has 178 valence electrons. The number of methoxy groups -OCH3 is 1. The second-order valence-electron chi connectivity index (χ2n) is 9.41. The maximum Gasteiger partial charge on any atom is 0.290 e. The predicted molar refractivity (Wildman–Crippen MR) is 128 cm³/mol. The predicted octanol–water partition coefficient (Wildman–Crippen LogP) is 3.31. The van der Waals surface area contributed by atoms with Gasteiger partial charge in [0.25, 0.3) is 5.91 Å². The summed E-state index contributed by atoms with van der Waals surface area (Å²) in [7, 11) is 1.71. The van der Waals surface area contributed by atoms with Crippen molar-refractivity contribution in [3.8, 4) is 0 Å². The lowest BCUT2D eigenvalue weighted by molar-refractivity contribution is 0.0383. The molecule has 0 saturated carbocycles. The maximum atomic E-state index is 13.9. The Labute approximate surface area is 192 Å². The molecule has 32 heavy (non-hydrogen) atoms. The second kappa shape index (κ2) is 11.8. The van der Waals surface area contributed by atoms with Gasteiger partial charge in [-0.25, -0.2) is 4.98 Å². The molecule has 1 aliphatic rings. The first kappa shape index (κ1) is 24.7. The van der Waals surface area contributed by atoms with Gasteiger partial charge in [0.05, 0.1) is 17.1 Å². The van der Waals surface area contributed by atoms with Crippen LogP contribution in [0.1, 0.15) is 57.1 Å². The van der Waals surface area contributed by atoms with E-state index in [0.717, 1.165) is 56.4 Å². The summed E-state index contributed by atoms with van der Waals surface area (Å²) in [5.41, 5.74) is 1.85. The number of ether oxygens (including phenoxy) is 1. The SMILES string of the molecule is CC[C@@H](O)C1CNC[C@@H](N(CC(C)C)C(=O)c2nc3ccccc3n2CCCCOC)C1. The van der Waals surface area contributed by atoms with Crippen molar-refractivity contribution in [1.82, 2.24) is 19.8 Å². The van der Waals surface area contributed by atoms with Crippen LogP contribution >= 0.6 is 0 Å². The lowest BCUT2D eigenvalue weighted by Gasteiger charge is -2.40. The highest BCUT2D eigenvalue weighted by molar-refractivity contribution is 5.95. The number of aryl methyl sites for hydroxylation is 1. The summed E-state index contributed by atoms with van der Waals surface area (Å²) in [5, 5.41) is 13.9. The number of aliphatic hydroxyl groups excluding tert-OH is 1. The highest BCUT2D eigenvalue weighted by Gasteiger charge is 2.34. The van der Waals surface area contributed by atoms with Crippen LogP contribution in [-0.4, -0.2) is 71.0 Å². The molecule has 3 atom stereocenters. The van der Waals surface area contributed by atoms with Crippen molar-refractivity contribution in [1.29, 1.82) is 0 Å². The fourth-order valence-corrected chi connectivity index (χ4v) is 4.72. The average Bonchev–Trinajstić information content (AvgIpc) is 3.18. The van der Waals surface area contributed by atoms with Crippen LogP contribution in [0.2, 0.25) is 0 Å². The molecule has 1 aromatic heterocycles. The monoisotopic (exact) mass is 444 g/mol. The summed E-state index contributed by atoms with van der Waals surface area (Å²) in [6.07, 6.45) is 3.07. The van der Waals surface area contributed by atoms with Gasteiger partial charge in [-0.05, 0) is 49.7 Å². The summed E-state index contributed by atoms with van der Waals surface area (Å²) in [5.74, 6) is 1.01. The molecule has 7 heteroatoms. The zero-order valence-electron chi connectivity index (χ0n) is 20.1. The Morgan fingerprint density at radius 2 is 2.09 bits per heavy atom. The Morgan fingerprint density at radius 3 is 2.81 bits per heavy atom. The van der Waals surface area contributed by atoms with Crippen molar-refractivity contribution in [2.75, 3.05) is 33.4 Å². The molecule has 0 bridgehead atoms. The number of nitrogens with one attached hydrogen (secondary N) is 1. The first-order chi connectivity index (χ1) is 15.5. The summed E-state index contributed by atoms with van der Waals surface area (Å²) in [6, 6.07) is 8.02. The molecule has 0 radical (unpaired) electrons. The molecule has 1 saturated heterocycles. The van der Waals surface area contributed by atoms with Crippen molar-refractivity contribution in [2.24, 2.45) is 11.8 Å². The number of hydrogen-bond acceptors (Lipinski definition) is 5. The van der Waals surface area contributed by atoms with Crippen LogP contribution in [0.25, 0.3) is 11.0 Å². The first-order valence-electron chi connectivity index (χ1n) is 12.1. The molecule has 0 spiro atoms. The molecule has 1 amide bonds. The van der Waals surface area contributed by atoms with Gasteiger partial charge in [0.1, 0.15) is 0 Å². The number of benzene rings is 1. The number of para-hydroxylation sites is 2. The normalized spacial score (nSPS) is 20.1. The highest BCUT2D eigenvalue weighted by atomic mass is 16.5. The highest BCUT2D eigenvalue weighted by Crippen LogP contribution is 2.25. The Bertz CT molecular complexity index is 866. The zero-order chi connectivity index (χ0) is 23.1. The van der Waals surface area contributed by atoms with Crippen molar-refractivity contribution in [2.45, 2.75) is 65.1 Å². The molecule has 0 aliphatic carbocycles. The van der Waals surface area contributed by atoms with Crippen LogP contribution in [0.4, 0.5) is 0 Å². The lowest BCUT2D eigenvalue weighted by atomic mass is 9.88. The quantitative estimate of drug-likeness (QED) is 0.520. The van der Waals surface area contributed by atoms with E-state index < -0.39 is 0 Å². The van der Waals surface area contributed by atoms with E-state index in [0.29, 0.717) is 24.9 Å². The Morgan fingerprint density at radius 1 is 1.31 bits per heavy atom. The van der Waals surface area contributed by atoms with E-state index in [-0.39, 0.29) is 24.0 Å². The molecular weight excluding hydrogens is 404 g/mol. The summed E-state index contributed by atoms with van der Waals surface area (Å²) in [6.45, 7) is 9.97. The van der Waals surface area contributed by atoms with Gasteiger partial charge in [-0.3, -0.25) is 4.79 Å². The molecule has 1 unspecified atom stereocenters. The molecular formula is C25H40N4O3. The van der Waals surface area contributed by atoms with Gasteiger partial charge in [0.2, 0.25) is 0 Å². The van der Waals surface area contributed by atoms with Crippen LogP contribution in [0.3, 0.4) is 0 Å². The minimum atomic E-state index is -0.341. The molecule has 1 aliphatic heterocycles. The van der Waals surface area contributed by atoms with Crippen molar-refractivity contribution in [3.05, 3.63) is 30.1 Å². The molecule has 2 aromatic rings. The average molecular weight is 445 g/mol. The van der Waals surface area contributed by atoms with Crippen LogP contribution in [0, 0.1) is 11.8 Å². The van der Waals surface area contributed by atoms with E-state index in [1.165, 1.54) is 0 Å². The van der Waals surface area contributed by atoms with Gasteiger partial charge in [-0.15, -0.1) is 0 Å². The van der Waals surface area contributed by atoms with Crippen LogP contribution < -0.4 is 5.32 Å². The van der Waals surface area contributed by atoms with E-state index in [4.69, 9.17) is 9.72 Å². The number of hydrogen-bond donors (Lipinski definition) is 2. The lowest BCUT2D eigenvalue weighted by Crippen LogP contribution is -2.54. The van der Waals surface area contributed by atoms with Gasteiger partial charge in [-0.2, -0.15) is 0 Å². The zero-order valence-corrected chi connectivity index (χ0v) is 20.1. The third kappa shape index (κ3) is 5.88. The van der Waals surface area contributed by atoms with E-state index in [1.807, 2.05) is 36.1 Å². The van der Waals surface area contributed by atoms with E-state index in [1.54, 1.807) is 7.11 Å². The molecule has 3 rings (SSSR count). The van der Waals surface area contributed by atoms with Crippen molar-refractivity contribution in [3.63, 3.8) is 0 Å². The molecule has 2 N–H and O–H groups in total. The fourth-order valence-electron chi connectivity index (χ4n) is 4.72. The standard InChI is InChI=1S/C25H40N4O3/c1-5-23(30)19-14-20(16-26-15-19)29(17-18(2)3)25(31)24-27-21-10-6-7-11-22(21)28(24)12-8-9-13-32-4/h6-7,10-11,18-20,23,26,30H,5,8-9,12-17H2,1-4H3/t19?,20-,23+/m0/s1. The minimum absolute atomic E-state index is 0.0138. The third-order valence-electron chi connectivity index (χ3n) is 6.41. The molecule has 7 nitrogen and oxygen atoms in total. The minimum Gasteiger partial charge on any atom is -0.393 e. The molecule has 1 fully saturated rings. The van der Waals surface area contributed by atoms with Crippen LogP contribution in [-0.2, 0) is 11.3 Å². The Kier molecular flexibility index (Phi) is 9.08. The summed E-state index contributed by atoms with van der Waals surface area (Å²) >= 11 is 0. The number of carbonyl (C=O) groups excluding carboxylic acids is 1. The van der Waals surface area contributed by atoms with Gasteiger partial charge >= 0.3 is 0 Å². The number of amides is 1. The number of unbranched alkanes of at least 4 members (excludes halogenated alkanes) is 1. The number of aromatic nitrogens is 2. The Balaban J connectivity index is 1.90. The van der Waals surface area contributed by atoms with Crippen molar-refractivity contribution >= 4 is 16.9 Å². The van der Waals surface area contributed by atoms with Gasteiger partial charge in [0, 0.05) is 45.9 Å². The fraction of sp³-hybridized carbons (Fsp3) is 0.680. The van der Waals surface area contributed by atoms with Gasteiger partial charge < -0.3 is 24.6 Å². The Hall–Kier alpha value is -1.96.